The molecule has 10 nitrogen and oxygen atoms in total. The number of rotatable bonds is 8. The van der Waals surface area contributed by atoms with Crippen LogP contribution in [0.5, 0.6) is 5.88 Å². The maximum absolute atomic E-state index is 13.8. The van der Waals surface area contributed by atoms with Gasteiger partial charge >= 0.3 is 5.69 Å². The normalized spacial score (nSPS) is 24.7. The number of hydrogen-bond acceptors (Lipinski definition) is 7. The lowest BCUT2D eigenvalue weighted by atomic mass is 9.51. The third-order valence-electron chi connectivity index (χ3n) is 8.12. The molecule has 11 heteroatoms. The van der Waals surface area contributed by atoms with E-state index in [0.717, 1.165) is 18.4 Å². The molecule has 0 aliphatic heterocycles. The van der Waals surface area contributed by atoms with Crippen molar-refractivity contribution >= 4 is 29.1 Å². The molecule has 1 aromatic heterocycles. The summed E-state index contributed by atoms with van der Waals surface area (Å²) in [6, 6.07) is 8.99. The molecule has 1 heterocycles. The van der Waals surface area contributed by atoms with Gasteiger partial charge in [-0.25, -0.2) is 4.79 Å². The molecule has 4 rings (SSSR count). The molecule has 2 aliphatic rings. The van der Waals surface area contributed by atoms with Crippen molar-refractivity contribution in [2.24, 2.45) is 10.4 Å². The molecule has 0 radical (unpaired) electrons. The third-order valence-corrected chi connectivity index (χ3v) is 9.06. The van der Waals surface area contributed by atoms with Crippen LogP contribution in [-0.4, -0.2) is 68.9 Å². The molecule has 2 aliphatic carbocycles. The Hall–Kier alpha value is -3.34. The second kappa shape index (κ2) is 11.4. The van der Waals surface area contributed by atoms with E-state index in [0.29, 0.717) is 42.9 Å². The third kappa shape index (κ3) is 5.28. The lowest BCUT2D eigenvalue weighted by Gasteiger charge is -2.58. The number of carbonyl (C=O) groups excluding carboxylic acids is 2. The molecule has 0 bridgehead atoms. The zero-order valence-electron chi connectivity index (χ0n) is 23.0. The minimum absolute atomic E-state index is 0.0505. The number of benzene rings is 1. The van der Waals surface area contributed by atoms with E-state index >= 15 is 0 Å². The van der Waals surface area contributed by atoms with Crippen LogP contribution in [0.15, 0.2) is 44.9 Å². The summed E-state index contributed by atoms with van der Waals surface area (Å²) in [5.74, 6) is 0.160. The Morgan fingerprint density at radius 3 is 2.38 bits per heavy atom. The summed E-state index contributed by atoms with van der Waals surface area (Å²) >= 11 is 1.35. The number of hydrogen-bond donors (Lipinski definition) is 2. The van der Waals surface area contributed by atoms with Gasteiger partial charge in [0.1, 0.15) is 16.1 Å². The van der Waals surface area contributed by atoms with Crippen molar-refractivity contribution in [1.82, 2.24) is 19.4 Å². The molecule has 2 fully saturated rings. The Bertz CT molecular complexity index is 1370. The highest BCUT2D eigenvalue weighted by molar-refractivity contribution is 8.14. The summed E-state index contributed by atoms with van der Waals surface area (Å²) in [6.45, 7) is 2.06. The maximum Gasteiger partial charge on any atom is 0.334 e. The molecule has 0 saturated heterocycles. The Morgan fingerprint density at radius 2 is 1.85 bits per heavy atom. The van der Waals surface area contributed by atoms with Crippen LogP contribution >= 0.6 is 11.8 Å². The highest BCUT2D eigenvalue weighted by Crippen LogP contribution is 2.58. The monoisotopic (exact) mass is 555 g/mol. The molecule has 2 saturated carbocycles. The largest absolute Gasteiger partial charge is 0.494 e. The molecule has 2 N–H and O–H groups in total. The van der Waals surface area contributed by atoms with Crippen LogP contribution in [0.1, 0.15) is 62.6 Å². The lowest BCUT2D eigenvalue weighted by molar-refractivity contribution is -0.152. The van der Waals surface area contributed by atoms with Crippen LogP contribution in [0, 0.1) is 5.41 Å². The number of aromatic nitrogens is 2. The predicted molar refractivity (Wildman–Crippen MR) is 153 cm³/mol. The fraction of sp³-hybridized carbons (Fsp3) is 0.536. The van der Waals surface area contributed by atoms with Gasteiger partial charge in [-0.05, 0) is 55.3 Å². The number of thioether (sulfide) groups is 1. The summed E-state index contributed by atoms with van der Waals surface area (Å²) in [7, 11) is 4.93. The number of aromatic hydroxyl groups is 1. The molecule has 2 amide bonds. The second-order valence-electron chi connectivity index (χ2n) is 10.8. The first kappa shape index (κ1) is 28.7. The standard InChI is InChI=1S/C28H37N5O5S/c1-5-39-22(29-2)21-23(35)32(15-19-9-7-6-8-10-19)26(38)33(24(21)36)20-11-13-27(14-12-20)16-28(17-27,30-18-34)25(37)31(3)4/h6-10,18,20,35H,5,11-17H2,1-4H3,(H,30,34). The molecule has 1 aromatic carbocycles. The molecule has 0 unspecified atom stereocenters. The van der Waals surface area contributed by atoms with Gasteiger partial charge in [0.25, 0.3) is 5.56 Å². The predicted octanol–water partition coefficient (Wildman–Crippen LogP) is 2.36. The van der Waals surface area contributed by atoms with Crippen LogP contribution in [0.3, 0.4) is 0 Å². The fourth-order valence-electron chi connectivity index (χ4n) is 6.37. The summed E-state index contributed by atoms with van der Waals surface area (Å²) in [5.41, 5.74) is -1.22. The van der Waals surface area contributed by atoms with E-state index in [1.54, 1.807) is 21.1 Å². The van der Waals surface area contributed by atoms with Gasteiger partial charge in [0.15, 0.2) is 0 Å². The topological polar surface area (TPSA) is 126 Å². The number of likely N-dealkylation sites (N-methyl/N-ethyl adjacent to an activating group) is 1. The van der Waals surface area contributed by atoms with Gasteiger partial charge in [-0.1, -0.05) is 37.3 Å². The van der Waals surface area contributed by atoms with Crippen LogP contribution in [0.2, 0.25) is 0 Å². The van der Waals surface area contributed by atoms with E-state index in [1.807, 2.05) is 37.3 Å². The Morgan fingerprint density at radius 1 is 1.21 bits per heavy atom. The van der Waals surface area contributed by atoms with E-state index in [2.05, 4.69) is 10.3 Å². The van der Waals surface area contributed by atoms with E-state index in [9.17, 15) is 24.3 Å². The summed E-state index contributed by atoms with van der Waals surface area (Å²) in [6.07, 6.45) is 4.27. The molecule has 0 atom stereocenters. The Balaban J connectivity index is 1.68. The van der Waals surface area contributed by atoms with Crippen molar-refractivity contribution in [3.63, 3.8) is 0 Å². The average Bonchev–Trinajstić information content (AvgIpc) is 2.90. The van der Waals surface area contributed by atoms with Gasteiger partial charge in [-0.15, -0.1) is 11.8 Å². The van der Waals surface area contributed by atoms with Crippen molar-refractivity contribution in [3.8, 4) is 5.88 Å². The summed E-state index contributed by atoms with van der Waals surface area (Å²) < 4.78 is 2.56. The van der Waals surface area contributed by atoms with Gasteiger partial charge in [0, 0.05) is 27.2 Å². The van der Waals surface area contributed by atoms with E-state index < -0.39 is 16.8 Å². The minimum Gasteiger partial charge on any atom is -0.494 e. The van der Waals surface area contributed by atoms with Crippen molar-refractivity contribution in [2.75, 3.05) is 26.9 Å². The number of amides is 2. The van der Waals surface area contributed by atoms with Crippen molar-refractivity contribution in [3.05, 3.63) is 62.3 Å². The Labute approximate surface area is 232 Å². The first-order valence-electron chi connectivity index (χ1n) is 13.3. The highest BCUT2D eigenvalue weighted by atomic mass is 32.2. The number of nitrogens with zero attached hydrogens (tertiary/aromatic N) is 4. The maximum atomic E-state index is 13.8. The molecular formula is C28H37N5O5S. The zero-order chi connectivity index (χ0) is 28.4. The average molecular weight is 556 g/mol. The quantitative estimate of drug-likeness (QED) is 0.293. The van der Waals surface area contributed by atoms with E-state index in [-0.39, 0.29) is 35.4 Å². The molecule has 210 valence electrons. The van der Waals surface area contributed by atoms with Gasteiger partial charge < -0.3 is 15.3 Å². The Kier molecular flexibility index (Phi) is 8.39. The van der Waals surface area contributed by atoms with Crippen molar-refractivity contribution < 1.29 is 14.7 Å². The summed E-state index contributed by atoms with van der Waals surface area (Å²) in [5, 5.41) is 14.3. The first-order valence-corrected chi connectivity index (χ1v) is 14.3. The van der Waals surface area contributed by atoms with Gasteiger partial charge in [0.2, 0.25) is 18.2 Å². The van der Waals surface area contributed by atoms with Crippen LogP contribution in [0.4, 0.5) is 0 Å². The first-order chi connectivity index (χ1) is 18.6. The van der Waals surface area contributed by atoms with Crippen LogP contribution in [0.25, 0.3) is 0 Å². The minimum atomic E-state index is -0.896. The number of aliphatic imine (C=N–C) groups is 1. The van der Waals surface area contributed by atoms with E-state index in [1.165, 1.54) is 25.8 Å². The van der Waals surface area contributed by atoms with Gasteiger partial charge in [0.05, 0.1) is 6.54 Å². The summed E-state index contributed by atoms with van der Waals surface area (Å²) in [4.78, 5) is 57.4. The lowest BCUT2D eigenvalue weighted by Crippen LogP contribution is -2.68. The smallest absolute Gasteiger partial charge is 0.334 e. The molecule has 39 heavy (non-hydrogen) atoms. The number of carbonyl (C=O) groups is 2. The van der Waals surface area contributed by atoms with Crippen molar-refractivity contribution in [2.45, 2.75) is 63.6 Å². The van der Waals surface area contributed by atoms with Gasteiger partial charge in [-0.3, -0.25) is 28.5 Å². The van der Waals surface area contributed by atoms with Crippen LogP contribution in [-0.2, 0) is 16.1 Å². The van der Waals surface area contributed by atoms with Crippen LogP contribution < -0.4 is 16.6 Å². The zero-order valence-corrected chi connectivity index (χ0v) is 23.8. The molecule has 1 spiro atoms. The molecule has 2 aromatic rings. The second-order valence-corrected chi connectivity index (χ2v) is 12.1. The SMILES string of the molecule is CCSC(=NC)c1c(O)n(Cc2ccccc2)c(=O)n(C2CCC3(CC2)CC(NC=O)(C(=O)N(C)C)C3)c1=O. The highest BCUT2D eigenvalue weighted by Gasteiger charge is 2.59. The van der Waals surface area contributed by atoms with Crippen molar-refractivity contribution in [1.29, 1.82) is 0 Å². The van der Waals surface area contributed by atoms with Gasteiger partial charge in [-0.2, -0.15) is 0 Å². The fourth-order valence-corrected chi connectivity index (χ4v) is 7.10. The number of nitrogens with one attached hydrogen (secondary N) is 1. The molecular weight excluding hydrogens is 518 g/mol. The van der Waals surface area contributed by atoms with E-state index in [4.69, 9.17) is 0 Å².